The lowest BCUT2D eigenvalue weighted by Gasteiger charge is -2.34. The molecule has 0 radical (unpaired) electrons. The fourth-order valence-electron chi connectivity index (χ4n) is 6.16. The second-order valence-corrected chi connectivity index (χ2v) is 13.2. The van der Waals surface area contributed by atoms with E-state index in [0.29, 0.717) is 43.8 Å². The van der Waals surface area contributed by atoms with Gasteiger partial charge in [-0.3, -0.25) is 23.5 Å². The van der Waals surface area contributed by atoms with Gasteiger partial charge >= 0.3 is 5.69 Å². The standard InChI is InChI=1S/C32H41N7O3S/c1-22(2)17-38-30-28(31(40)37(32(38)41)14-13-36-15-16-42-24(20-36)19-34(3)4)29(26-10-8-12-35(26)5)39(33-30)18-23-21-43-27-11-7-6-9-25(23)27/h6-12,21-22,24H,13-20H2,1-5H3/t24-/m0/s1. The third-order valence-electron chi connectivity index (χ3n) is 8.16. The van der Waals surface area contributed by atoms with Gasteiger partial charge in [0, 0.05) is 57.2 Å². The van der Waals surface area contributed by atoms with Crippen molar-refractivity contribution < 1.29 is 4.74 Å². The Hall–Kier alpha value is -3.51. The van der Waals surface area contributed by atoms with E-state index in [-0.39, 0.29) is 23.3 Å². The van der Waals surface area contributed by atoms with E-state index < -0.39 is 0 Å². The molecule has 43 heavy (non-hydrogen) atoms. The molecule has 1 fully saturated rings. The maximum atomic E-state index is 14.4. The van der Waals surface area contributed by atoms with Gasteiger partial charge in [-0.05, 0) is 54.5 Å². The van der Waals surface area contributed by atoms with Crippen LogP contribution in [0.15, 0.2) is 57.6 Å². The van der Waals surface area contributed by atoms with Gasteiger partial charge in [-0.2, -0.15) is 5.10 Å². The van der Waals surface area contributed by atoms with Crippen molar-refractivity contribution in [1.29, 1.82) is 0 Å². The highest BCUT2D eigenvalue weighted by atomic mass is 32.1. The molecular formula is C32H41N7O3S. The van der Waals surface area contributed by atoms with Gasteiger partial charge < -0.3 is 14.2 Å². The van der Waals surface area contributed by atoms with Gasteiger partial charge in [0.1, 0.15) is 11.1 Å². The average Bonchev–Trinajstić information content (AvgIpc) is 3.68. The van der Waals surface area contributed by atoms with Gasteiger partial charge in [0.25, 0.3) is 5.56 Å². The van der Waals surface area contributed by atoms with Crippen molar-refractivity contribution in [2.45, 2.75) is 39.6 Å². The van der Waals surface area contributed by atoms with Crippen LogP contribution in [0.3, 0.4) is 0 Å². The first-order valence-electron chi connectivity index (χ1n) is 15.0. The molecule has 0 aliphatic carbocycles. The van der Waals surface area contributed by atoms with Gasteiger partial charge in [0.05, 0.1) is 24.9 Å². The molecule has 1 saturated heterocycles. The zero-order valence-electron chi connectivity index (χ0n) is 25.7. The maximum Gasteiger partial charge on any atom is 0.332 e. The summed E-state index contributed by atoms with van der Waals surface area (Å²) in [5.74, 6) is 0.197. The van der Waals surface area contributed by atoms with Crippen molar-refractivity contribution >= 4 is 32.5 Å². The summed E-state index contributed by atoms with van der Waals surface area (Å²) in [6.07, 6.45) is 2.08. The molecule has 0 N–H and O–H groups in total. The summed E-state index contributed by atoms with van der Waals surface area (Å²) in [4.78, 5) is 32.8. The minimum atomic E-state index is -0.298. The molecule has 0 amide bonds. The molecule has 1 aromatic carbocycles. The second kappa shape index (κ2) is 12.2. The van der Waals surface area contributed by atoms with Crippen LogP contribution < -0.4 is 11.2 Å². The Balaban J connectivity index is 1.47. The molecule has 0 spiro atoms. The first-order chi connectivity index (χ1) is 20.7. The SMILES string of the molecule is CC(C)Cn1c(=O)n(CCN2CCO[C@@H](CN(C)C)C2)c(=O)c2c(-c3cccn3C)n(Cc3csc4ccccc34)nc21. The quantitative estimate of drug-likeness (QED) is 0.243. The van der Waals surface area contributed by atoms with Gasteiger partial charge in [0.2, 0.25) is 0 Å². The van der Waals surface area contributed by atoms with Crippen LogP contribution in [0.1, 0.15) is 19.4 Å². The van der Waals surface area contributed by atoms with E-state index in [1.165, 1.54) is 14.7 Å². The predicted molar refractivity (Wildman–Crippen MR) is 173 cm³/mol. The summed E-state index contributed by atoms with van der Waals surface area (Å²) in [5, 5.41) is 8.86. The topological polar surface area (TPSA) is 82.5 Å². The van der Waals surface area contributed by atoms with Gasteiger partial charge in [0.15, 0.2) is 5.65 Å². The van der Waals surface area contributed by atoms with E-state index >= 15 is 0 Å². The molecule has 5 aromatic rings. The molecule has 1 atom stereocenters. The number of likely N-dealkylation sites (N-methyl/N-ethyl adjacent to an activating group) is 1. The Morgan fingerprint density at radius 1 is 1.09 bits per heavy atom. The minimum Gasteiger partial charge on any atom is -0.374 e. The molecule has 0 saturated carbocycles. The molecule has 228 valence electrons. The van der Waals surface area contributed by atoms with Crippen molar-refractivity contribution in [1.82, 2.24) is 33.3 Å². The van der Waals surface area contributed by atoms with Crippen molar-refractivity contribution in [3.8, 4) is 11.4 Å². The van der Waals surface area contributed by atoms with E-state index in [4.69, 9.17) is 9.84 Å². The molecule has 1 aliphatic heterocycles. The number of fused-ring (bicyclic) bond motifs is 2. The Morgan fingerprint density at radius 3 is 2.65 bits per heavy atom. The smallest absolute Gasteiger partial charge is 0.332 e. The van der Waals surface area contributed by atoms with Crippen molar-refractivity contribution in [2.75, 3.05) is 46.9 Å². The van der Waals surface area contributed by atoms with Crippen LogP contribution in [0, 0.1) is 5.92 Å². The van der Waals surface area contributed by atoms with E-state index in [9.17, 15) is 9.59 Å². The van der Waals surface area contributed by atoms with Gasteiger partial charge in [-0.1, -0.05) is 32.0 Å². The zero-order chi connectivity index (χ0) is 30.2. The lowest BCUT2D eigenvalue weighted by molar-refractivity contribution is -0.0389. The van der Waals surface area contributed by atoms with E-state index in [2.05, 4.69) is 41.2 Å². The monoisotopic (exact) mass is 603 g/mol. The Labute approximate surface area is 255 Å². The average molecular weight is 604 g/mol. The van der Waals surface area contributed by atoms with E-state index in [0.717, 1.165) is 36.6 Å². The maximum absolute atomic E-state index is 14.4. The number of rotatable bonds is 10. The van der Waals surface area contributed by atoms with E-state index in [1.807, 2.05) is 60.9 Å². The largest absolute Gasteiger partial charge is 0.374 e. The minimum absolute atomic E-state index is 0.107. The summed E-state index contributed by atoms with van der Waals surface area (Å²) in [6, 6.07) is 12.3. The Kier molecular flexibility index (Phi) is 8.41. The molecular weight excluding hydrogens is 562 g/mol. The Morgan fingerprint density at radius 2 is 1.91 bits per heavy atom. The van der Waals surface area contributed by atoms with Crippen LogP contribution in [0.5, 0.6) is 0 Å². The number of morpholine rings is 1. The van der Waals surface area contributed by atoms with E-state index in [1.54, 1.807) is 15.9 Å². The first-order valence-corrected chi connectivity index (χ1v) is 15.9. The number of hydrogen-bond donors (Lipinski definition) is 0. The molecule has 11 heteroatoms. The molecule has 0 bridgehead atoms. The third kappa shape index (κ3) is 5.86. The lowest BCUT2D eigenvalue weighted by Crippen LogP contribution is -2.49. The zero-order valence-corrected chi connectivity index (χ0v) is 26.5. The van der Waals surface area contributed by atoms with Gasteiger partial charge in [-0.25, -0.2) is 4.79 Å². The second-order valence-electron chi connectivity index (χ2n) is 12.3. The number of benzene rings is 1. The summed E-state index contributed by atoms with van der Waals surface area (Å²) < 4.78 is 14.2. The fraction of sp³-hybridized carbons (Fsp3) is 0.469. The van der Waals surface area contributed by atoms with Crippen LogP contribution in [0.25, 0.3) is 32.5 Å². The highest BCUT2D eigenvalue weighted by Crippen LogP contribution is 2.31. The van der Waals surface area contributed by atoms with Crippen molar-refractivity contribution in [3.05, 3.63) is 74.4 Å². The normalized spacial score (nSPS) is 16.4. The molecule has 4 aromatic heterocycles. The van der Waals surface area contributed by atoms with Crippen molar-refractivity contribution in [2.24, 2.45) is 13.0 Å². The third-order valence-corrected chi connectivity index (χ3v) is 9.17. The molecule has 5 heterocycles. The number of thiophene rings is 1. The number of aromatic nitrogens is 5. The summed E-state index contributed by atoms with van der Waals surface area (Å²) in [7, 11) is 6.06. The fourth-order valence-corrected chi connectivity index (χ4v) is 7.12. The van der Waals surface area contributed by atoms with Crippen LogP contribution in [-0.4, -0.2) is 86.3 Å². The van der Waals surface area contributed by atoms with Crippen LogP contribution in [0.4, 0.5) is 0 Å². The van der Waals surface area contributed by atoms with Crippen LogP contribution in [-0.2, 0) is 31.4 Å². The molecule has 10 nitrogen and oxygen atoms in total. The summed E-state index contributed by atoms with van der Waals surface area (Å²) in [5.41, 5.74) is 2.64. The number of ether oxygens (including phenoxy) is 1. The predicted octanol–water partition coefficient (Wildman–Crippen LogP) is 3.55. The number of aryl methyl sites for hydroxylation is 1. The molecule has 1 aliphatic rings. The number of hydrogen-bond acceptors (Lipinski definition) is 7. The summed E-state index contributed by atoms with van der Waals surface area (Å²) >= 11 is 1.71. The Bertz CT molecular complexity index is 1860. The van der Waals surface area contributed by atoms with Crippen LogP contribution in [0.2, 0.25) is 0 Å². The van der Waals surface area contributed by atoms with Crippen molar-refractivity contribution in [3.63, 3.8) is 0 Å². The lowest BCUT2D eigenvalue weighted by atomic mass is 10.1. The van der Waals surface area contributed by atoms with Gasteiger partial charge in [-0.15, -0.1) is 11.3 Å². The summed E-state index contributed by atoms with van der Waals surface area (Å²) in [6.45, 7) is 9.08. The number of nitrogens with zero attached hydrogens (tertiary/aromatic N) is 7. The van der Waals surface area contributed by atoms with Crippen LogP contribution >= 0.6 is 11.3 Å². The first kappa shape index (κ1) is 29.6. The molecule has 0 unspecified atom stereocenters. The highest BCUT2D eigenvalue weighted by Gasteiger charge is 2.26. The highest BCUT2D eigenvalue weighted by molar-refractivity contribution is 7.17. The molecule has 6 rings (SSSR count).